The molecule has 0 radical (unpaired) electrons. The number of carbonyl (C=O) groups is 1. The van der Waals surface area contributed by atoms with Gasteiger partial charge >= 0.3 is 5.97 Å². The van der Waals surface area contributed by atoms with Crippen LogP contribution in [0.25, 0.3) is 0 Å². The predicted molar refractivity (Wildman–Crippen MR) is 74.9 cm³/mol. The van der Waals surface area contributed by atoms with Crippen LogP contribution in [0.5, 0.6) is 0 Å². The fourth-order valence-electron chi connectivity index (χ4n) is 5.45. The highest BCUT2D eigenvalue weighted by Crippen LogP contribution is 2.59. The Morgan fingerprint density at radius 3 is 2.16 bits per heavy atom. The number of aliphatic carboxylic acids is 1. The van der Waals surface area contributed by atoms with Gasteiger partial charge in [-0.25, -0.2) is 0 Å². The molecule has 0 spiro atoms. The second-order valence-electron chi connectivity index (χ2n) is 7.48. The maximum absolute atomic E-state index is 11.2. The lowest BCUT2D eigenvalue weighted by Crippen LogP contribution is -2.52. The highest BCUT2D eigenvalue weighted by atomic mass is 16.4. The molecule has 0 aromatic heterocycles. The van der Waals surface area contributed by atoms with Crippen molar-refractivity contribution in [2.45, 2.75) is 64.3 Å². The molecule has 3 nitrogen and oxygen atoms in total. The summed E-state index contributed by atoms with van der Waals surface area (Å²) in [5.74, 6) is 2.17. The summed E-state index contributed by atoms with van der Waals surface area (Å²) in [5, 5.41) is 12.6. The number of hydrogen-bond donors (Lipinski definition) is 2. The molecule has 19 heavy (non-hydrogen) atoms. The van der Waals surface area contributed by atoms with Gasteiger partial charge in [0.25, 0.3) is 0 Å². The van der Waals surface area contributed by atoms with Gasteiger partial charge in [0, 0.05) is 6.54 Å². The molecule has 0 amide bonds. The first-order valence-electron chi connectivity index (χ1n) is 8.06. The van der Waals surface area contributed by atoms with Crippen LogP contribution in [0.1, 0.15) is 58.3 Å². The van der Waals surface area contributed by atoms with E-state index in [1.165, 1.54) is 38.5 Å². The molecule has 4 bridgehead atoms. The summed E-state index contributed by atoms with van der Waals surface area (Å²) >= 11 is 0. The smallest absolute Gasteiger partial charge is 0.320 e. The van der Waals surface area contributed by atoms with Gasteiger partial charge in [-0.3, -0.25) is 4.79 Å². The summed E-state index contributed by atoms with van der Waals surface area (Å²) in [5.41, 5.74) is 0.441. The van der Waals surface area contributed by atoms with E-state index in [1.807, 2.05) is 0 Å². The first-order chi connectivity index (χ1) is 9.10. The Hall–Kier alpha value is -0.570. The van der Waals surface area contributed by atoms with E-state index in [2.05, 4.69) is 12.2 Å². The standard InChI is InChI=1S/C16H27NO2/c1-2-3-14(15(18)19)17-10-16-7-11-4-12(8-16)6-13(5-11)9-16/h11-14,17H,2-10H2,1H3,(H,18,19). The Morgan fingerprint density at radius 2 is 1.74 bits per heavy atom. The first kappa shape index (κ1) is 13.4. The average Bonchev–Trinajstić information content (AvgIpc) is 2.32. The minimum absolute atomic E-state index is 0.335. The Morgan fingerprint density at radius 1 is 1.21 bits per heavy atom. The van der Waals surface area contributed by atoms with Crippen LogP contribution < -0.4 is 5.32 Å². The van der Waals surface area contributed by atoms with Crippen LogP contribution >= 0.6 is 0 Å². The first-order valence-corrected chi connectivity index (χ1v) is 8.06. The van der Waals surface area contributed by atoms with Crippen LogP contribution in [-0.4, -0.2) is 23.7 Å². The largest absolute Gasteiger partial charge is 0.480 e. The topological polar surface area (TPSA) is 49.3 Å². The number of nitrogens with one attached hydrogen (secondary N) is 1. The zero-order chi connectivity index (χ0) is 13.5. The third kappa shape index (κ3) is 2.67. The third-order valence-electron chi connectivity index (χ3n) is 5.76. The Kier molecular flexibility index (Phi) is 3.59. The van der Waals surface area contributed by atoms with Crippen LogP contribution in [-0.2, 0) is 4.79 Å². The fraction of sp³-hybridized carbons (Fsp3) is 0.938. The van der Waals surface area contributed by atoms with Gasteiger partial charge in [-0.15, -0.1) is 0 Å². The molecule has 1 atom stereocenters. The van der Waals surface area contributed by atoms with Crippen LogP contribution in [0.3, 0.4) is 0 Å². The average molecular weight is 265 g/mol. The molecule has 0 heterocycles. The van der Waals surface area contributed by atoms with Crippen LogP contribution in [0.2, 0.25) is 0 Å². The van der Waals surface area contributed by atoms with E-state index in [-0.39, 0.29) is 6.04 Å². The van der Waals surface area contributed by atoms with Crippen molar-refractivity contribution in [1.29, 1.82) is 0 Å². The Bertz CT molecular complexity index is 317. The van der Waals surface area contributed by atoms with Crippen LogP contribution in [0, 0.1) is 23.2 Å². The number of rotatable bonds is 6. The monoisotopic (exact) mass is 265 g/mol. The second-order valence-corrected chi connectivity index (χ2v) is 7.48. The van der Waals surface area contributed by atoms with E-state index in [4.69, 9.17) is 0 Å². The van der Waals surface area contributed by atoms with E-state index in [0.29, 0.717) is 5.41 Å². The maximum atomic E-state index is 11.2. The summed E-state index contributed by atoms with van der Waals surface area (Å²) in [4.78, 5) is 11.2. The lowest BCUT2D eigenvalue weighted by molar-refractivity contribution is -0.140. The summed E-state index contributed by atoms with van der Waals surface area (Å²) in [7, 11) is 0. The molecule has 4 fully saturated rings. The molecule has 4 rings (SSSR count). The molecule has 4 saturated carbocycles. The normalized spacial score (nSPS) is 41.4. The van der Waals surface area contributed by atoms with Crippen molar-refractivity contribution in [2.24, 2.45) is 23.2 Å². The minimum Gasteiger partial charge on any atom is -0.480 e. The van der Waals surface area contributed by atoms with Crippen LogP contribution in [0.4, 0.5) is 0 Å². The van der Waals surface area contributed by atoms with E-state index in [0.717, 1.165) is 37.1 Å². The minimum atomic E-state index is -0.674. The Balaban J connectivity index is 1.61. The molecular weight excluding hydrogens is 238 g/mol. The molecule has 0 aromatic rings. The van der Waals surface area contributed by atoms with Gasteiger partial charge < -0.3 is 10.4 Å². The van der Waals surface area contributed by atoms with Crippen molar-refractivity contribution >= 4 is 5.97 Å². The molecule has 1 unspecified atom stereocenters. The van der Waals surface area contributed by atoms with Crippen LogP contribution in [0.15, 0.2) is 0 Å². The van der Waals surface area contributed by atoms with Crippen molar-refractivity contribution in [3.63, 3.8) is 0 Å². The SMILES string of the molecule is CCCC(NCC12CC3CC(CC(C3)C1)C2)C(=O)O. The molecule has 0 aliphatic heterocycles. The van der Waals surface area contributed by atoms with Gasteiger partial charge in [-0.05, 0) is 68.1 Å². The molecular formula is C16H27NO2. The van der Waals surface area contributed by atoms with Crippen molar-refractivity contribution in [3.05, 3.63) is 0 Å². The number of carboxylic acids is 1. The van der Waals surface area contributed by atoms with Crippen molar-refractivity contribution in [2.75, 3.05) is 6.54 Å². The highest BCUT2D eigenvalue weighted by Gasteiger charge is 2.50. The highest BCUT2D eigenvalue weighted by molar-refractivity contribution is 5.73. The molecule has 4 aliphatic carbocycles. The third-order valence-corrected chi connectivity index (χ3v) is 5.76. The van der Waals surface area contributed by atoms with Gasteiger partial charge in [0.05, 0.1) is 0 Å². The fourth-order valence-corrected chi connectivity index (χ4v) is 5.45. The number of hydrogen-bond acceptors (Lipinski definition) is 2. The number of carboxylic acid groups (broad SMARTS) is 1. The molecule has 0 saturated heterocycles. The molecule has 4 aliphatic rings. The van der Waals surface area contributed by atoms with Crippen molar-refractivity contribution in [3.8, 4) is 0 Å². The molecule has 3 heteroatoms. The maximum Gasteiger partial charge on any atom is 0.320 e. The van der Waals surface area contributed by atoms with E-state index >= 15 is 0 Å². The van der Waals surface area contributed by atoms with Crippen molar-refractivity contribution in [1.82, 2.24) is 5.32 Å². The quantitative estimate of drug-likeness (QED) is 0.776. The van der Waals surface area contributed by atoms with E-state index in [1.54, 1.807) is 0 Å². The summed E-state index contributed by atoms with van der Waals surface area (Å²) < 4.78 is 0. The molecule has 2 N–H and O–H groups in total. The van der Waals surface area contributed by atoms with Gasteiger partial charge in [0.15, 0.2) is 0 Å². The molecule has 0 aromatic carbocycles. The van der Waals surface area contributed by atoms with E-state index < -0.39 is 5.97 Å². The summed E-state index contributed by atoms with van der Waals surface area (Å²) in [6, 6.07) is -0.335. The van der Waals surface area contributed by atoms with Gasteiger partial charge in [-0.2, -0.15) is 0 Å². The van der Waals surface area contributed by atoms with E-state index in [9.17, 15) is 9.90 Å². The summed E-state index contributed by atoms with van der Waals surface area (Å²) in [6.07, 6.45) is 10.1. The van der Waals surface area contributed by atoms with Gasteiger partial charge in [0.2, 0.25) is 0 Å². The molecule has 108 valence electrons. The predicted octanol–water partition coefficient (Wildman–Crippen LogP) is 3.05. The lowest BCUT2D eigenvalue weighted by atomic mass is 9.49. The summed E-state index contributed by atoms with van der Waals surface area (Å²) in [6.45, 7) is 3.00. The Labute approximate surface area is 116 Å². The van der Waals surface area contributed by atoms with Crippen molar-refractivity contribution < 1.29 is 9.90 Å². The zero-order valence-corrected chi connectivity index (χ0v) is 12.0. The zero-order valence-electron chi connectivity index (χ0n) is 12.0. The van der Waals surface area contributed by atoms with Gasteiger partial charge in [-0.1, -0.05) is 13.3 Å². The van der Waals surface area contributed by atoms with Gasteiger partial charge in [0.1, 0.15) is 6.04 Å². The lowest BCUT2D eigenvalue weighted by Gasteiger charge is -2.57. The second kappa shape index (κ2) is 5.08.